The Balaban J connectivity index is 0.000000547. The predicted molar refractivity (Wildman–Crippen MR) is 160 cm³/mol. The second-order valence-corrected chi connectivity index (χ2v) is 12.0. The minimum absolute atomic E-state index is 0.220. The third-order valence-electron chi connectivity index (χ3n) is 7.27. The van der Waals surface area contributed by atoms with Crippen molar-refractivity contribution in [2.75, 3.05) is 19.0 Å². The number of nitrogens with zero attached hydrogens (tertiary/aromatic N) is 3. The van der Waals surface area contributed by atoms with E-state index in [0.717, 1.165) is 22.6 Å². The smallest absolute Gasteiger partial charge is 0.329 e. The fourth-order valence-electron chi connectivity index (χ4n) is 5.16. The summed E-state index contributed by atoms with van der Waals surface area (Å²) in [4.78, 5) is 26.7. The monoisotopic (exact) mass is 550 g/mol. The predicted octanol–water partition coefficient (Wildman–Crippen LogP) is 7.35. The molecule has 218 valence electrons. The number of carbonyl (C=O) groups excluding carboxylic acids is 1. The van der Waals surface area contributed by atoms with E-state index < -0.39 is 12.0 Å². The molecule has 1 aromatic carbocycles. The average molecular weight is 551 g/mol. The molecule has 8 nitrogen and oxygen atoms in total. The molecule has 2 aromatic heterocycles. The molecule has 40 heavy (non-hydrogen) atoms. The van der Waals surface area contributed by atoms with E-state index in [9.17, 15) is 9.59 Å². The highest BCUT2D eigenvalue weighted by molar-refractivity contribution is 5.78. The van der Waals surface area contributed by atoms with Crippen LogP contribution in [-0.4, -0.2) is 34.4 Å². The Kier molecular flexibility index (Phi) is 10.7. The van der Waals surface area contributed by atoms with Gasteiger partial charge in [0.2, 0.25) is 5.89 Å². The number of rotatable bonds is 7. The first kappa shape index (κ1) is 31.1. The third-order valence-corrected chi connectivity index (χ3v) is 7.27. The summed E-state index contributed by atoms with van der Waals surface area (Å²) in [5.41, 5.74) is 3.26. The van der Waals surface area contributed by atoms with Gasteiger partial charge in [-0.25, -0.2) is 4.79 Å². The lowest BCUT2D eigenvalue weighted by Gasteiger charge is -2.29. The molecule has 1 aliphatic carbocycles. The molecule has 1 saturated carbocycles. The number of hydrogen-bond acceptors (Lipinski definition) is 7. The van der Waals surface area contributed by atoms with Gasteiger partial charge in [0.25, 0.3) is 5.56 Å². The van der Waals surface area contributed by atoms with Crippen molar-refractivity contribution < 1.29 is 13.9 Å². The third kappa shape index (κ3) is 8.05. The normalized spacial score (nSPS) is 14.7. The maximum absolute atomic E-state index is 13.6. The number of pyridine rings is 1. The van der Waals surface area contributed by atoms with Crippen LogP contribution in [0.25, 0.3) is 22.7 Å². The number of nitrogens with one attached hydrogen (secondary N) is 1. The number of benzene rings is 1. The Morgan fingerprint density at radius 3 is 2.27 bits per heavy atom. The second kappa shape index (κ2) is 13.8. The van der Waals surface area contributed by atoms with Crippen LogP contribution in [0.3, 0.4) is 0 Å². The van der Waals surface area contributed by atoms with Gasteiger partial charge in [-0.2, -0.15) is 0 Å². The first-order valence-electron chi connectivity index (χ1n) is 14.5. The van der Waals surface area contributed by atoms with Crippen LogP contribution in [0.1, 0.15) is 90.3 Å². The van der Waals surface area contributed by atoms with Gasteiger partial charge >= 0.3 is 12.0 Å². The van der Waals surface area contributed by atoms with E-state index in [4.69, 9.17) is 9.15 Å². The maximum atomic E-state index is 13.6. The van der Waals surface area contributed by atoms with Crippen LogP contribution >= 0.6 is 0 Å². The summed E-state index contributed by atoms with van der Waals surface area (Å²) in [6.07, 6.45) is 7.88. The number of carbonyl (C=O) groups is 1. The number of hydrogen-bond donors (Lipinski definition) is 1. The van der Waals surface area contributed by atoms with Crippen molar-refractivity contribution in [3.63, 3.8) is 0 Å². The summed E-state index contributed by atoms with van der Waals surface area (Å²) < 4.78 is 12.6. The molecule has 1 aliphatic rings. The fraction of sp³-hybridized carbons (Fsp3) is 0.562. The second-order valence-electron chi connectivity index (χ2n) is 12.0. The molecule has 0 aliphatic heterocycles. The molecule has 0 radical (unpaired) electrons. The maximum Gasteiger partial charge on any atom is 0.329 e. The molecule has 1 atom stereocenters. The molecular formula is C32H46N4O4. The molecule has 4 rings (SSSR count). The zero-order valence-electron chi connectivity index (χ0n) is 25.5. The Morgan fingerprint density at radius 1 is 1.12 bits per heavy atom. The molecular weight excluding hydrogens is 504 g/mol. The van der Waals surface area contributed by atoms with Gasteiger partial charge in [-0.05, 0) is 49.7 Å². The van der Waals surface area contributed by atoms with Crippen molar-refractivity contribution in [3.05, 3.63) is 51.8 Å². The standard InChI is InChI=1S/C25H32N4O4.C7H14/c1-8-32-23(31)19(14-25(4,5)6)29-20(30)13-18(22-27-28-24(26-7)33-22)16(3)21(29)17-11-9-15(2)10-12-17;1-7-5-3-2-4-6-7/h9-13,19H,8,14H2,1-7H3,(H,26,28);7H,2-6H2,1H3. The lowest BCUT2D eigenvalue weighted by Crippen LogP contribution is -2.35. The van der Waals surface area contributed by atoms with E-state index in [2.05, 4.69) is 22.4 Å². The molecule has 0 spiro atoms. The van der Waals surface area contributed by atoms with Crippen molar-refractivity contribution in [1.29, 1.82) is 0 Å². The molecule has 8 heteroatoms. The van der Waals surface area contributed by atoms with E-state index in [0.29, 0.717) is 17.7 Å². The molecule has 3 aromatic rings. The molecule has 2 heterocycles. The van der Waals surface area contributed by atoms with E-state index in [1.165, 1.54) is 38.2 Å². The van der Waals surface area contributed by atoms with Crippen molar-refractivity contribution in [1.82, 2.24) is 14.8 Å². The number of anilines is 1. The van der Waals surface area contributed by atoms with Gasteiger partial charge in [0, 0.05) is 18.7 Å². The van der Waals surface area contributed by atoms with Crippen LogP contribution < -0.4 is 10.9 Å². The van der Waals surface area contributed by atoms with E-state index in [1.807, 2.05) is 58.9 Å². The average Bonchev–Trinajstić information content (AvgIpc) is 3.39. The highest BCUT2D eigenvalue weighted by atomic mass is 16.5. The first-order valence-corrected chi connectivity index (χ1v) is 14.5. The van der Waals surface area contributed by atoms with Gasteiger partial charge in [0.1, 0.15) is 6.04 Å². The zero-order valence-corrected chi connectivity index (χ0v) is 25.5. The van der Waals surface area contributed by atoms with Gasteiger partial charge < -0.3 is 14.5 Å². The molecule has 1 N–H and O–H groups in total. The van der Waals surface area contributed by atoms with Crippen LogP contribution in [-0.2, 0) is 9.53 Å². The van der Waals surface area contributed by atoms with Gasteiger partial charge in [-0.15, -0.1) is 5.10 Å². The molecule has 1 fully saturated rings. The van der Waals surface area contributed by atoms with Gasteiger partial charge in [0.05, 0.1) is 12.3 Å². The fourth-order valence-corrected chi connectivity index (χ4v) is 5.16. The van der Waals surface area contributed by atoms with Gasteiger partial charge in [0.15, 0.2) is 0 Å². The number of ether oxygens (including phenoxy) is 1. The van der Waals surface area contributed by atoms with Crippen molar-refractivity contribution in [3.8, 4) is 22.7 Å². The van der Waals surface area contributed by atoms with Crippen LogP contribution in [0.15, 0.2) is 39.5 Å². The van der Waals surface area contributed by atoms with Crippen molar-refractivity contribution >= 4 is 12.0 Å². The molecule has 0 amide bonds. The number of aryl methyl sites for hydroxylation is 1. The van der Waals surface area contributed by atoms with E-state index in [-0.39, 0.29) is 29.5 Å². The SMILES string of the molecule is CC1CCCCC1.CCOC(=O)C(CC(C)(C)C)n1c(-c2ccc(C)cc2)c(C)c(-c2nnc(NC)o2)cc1=O. The Bertz CT molecular complexity index is 1310. The van der Waals surface area contributed by atoms with E-state index >= 15 is 0 Å². The summed E-state index contributed by atoms with van der Waals surface area (Å²) >= 11 is 0. The summed E-state index contributed by atoms with van der Waals surface area (Å²) in [6, 6.07) is 8.78. The molecule has 0 bridgehead atoms. The van der Waals surface area contributed by atoms with Crippen LogP contribution in [0.4, 0.5) is 6.01 Å². The minimum Gasteiger partial charge on any atom is -0.464 e. The van der Waals surface area contributed by atoms with Gasteiger partial charge in [-0.3, -0.25) is 9.36 Å². The van der Waals surface area contributed by atoms with Gasteiger partial charge in [-0.1, -0.05) is 94.7 Å². The topological polar surface area (TPSA) is 99.2 Å². The lowest BCUT2D eigenvalue weighted by molar-refractivity contribution is -0.148. The summed E-state index contributed by atoms with van der Waals surface area (Å²) in [7, 11) is 1.68. The number of aromatic nitrogens is 3. The van der Waals surface area contributed by atoms with Crippen LogP contribution in [0.2, 0.25) is 0 Å². The Labute approximate surface area is 238 Å². The summed E-state index contributed by atoms with van der Waals surface area (Å²) in [5, 5.41) is 10.8. The molecule has 1 unspecified atom stereocenters. The Hall–Kier alpha value is -3.42. The minimum atomic E-state index is -0.781. The highest BCUT2D eigenvalue weighted by Crippen LogP contribution is 2.36. The summed E-state index contributed by atoms with van der Waals surface area (Å²) in [5.74, 6) is 0.844. The van der Waals surface area contributed by atoms with Crippen LogP contribution in [0, 0.1) is 25.2 Å². The first-order chi connectivity index (χ1) is 18.9. The van der Waals surface area contributed by atoms with Crippen molar-refractivity contribution in [2.45, 2.75) is 93.0 Å². The summed E-state index contributed by atoms with van der Waals surface area (Å²) in [6.45, 7) is 14.4. The quantitative estimate of drug-likeness (QED) is 0.307. The largest absolute Gasteiger partial charge is 0.464 e. The van der Waals surface area contributed by atoms with E-state index in [1.54, 1.807) is 18.5 Å². The highest BCUT2D eigenvalue weighted by Gasteiger charge is 2.32. The lowest BCUT2D eigenvalue weighted by atomic mass is 9.87. The Morgan fingerprint density at radius 2 is 1.77 bits per heavy atom. The zero-order chi connectivity index (χ0) is 29.4. The molecule has 0 saturated heterocycles. The number of esters is 1. The van der Waals surface area contributed by atoms with Crippen LogP contribution in [0.5, 0.6) is 0 Å². The van der Waals surface area contributed by atoms with Crippen molar-refractivity contribution in [2.24, 2.45) is 11.3 Å².